The number of nitriles is 2. The van der Waals surface area contributed by atoms with Gasteiger partial charge in [-0.25, -0.2) is 0 Å². The van der Waals surface area contributed by atoms with Crippen LogP contribution in [-0.2, 0) is 0 Å². The molecule has 0 N–H and O–H groups in total. The molecule has 0 radical (unpaired) electrons. The molecule has 4 heteroatoms. The molecular formula is C21H21N3O. The summed E-state index contributed by atoms with van der Waals surface area (Å²) in [5.74, 6) is 0.871. The zero-order valence-electron chi connectivity index (χ0n) is 14.6. The van der Waals surface area contributed by atoms with E-state index in [1.54, 1.807) is 6.08 Å². The van der Waals surface area contributed by atoms with Gasteiger partial charge in [-0.05, 0) is 55.3 Å². The molecule has 4 nitrogen and oxygen atoms in total. The largest absolute Gasteiger partial charge is 0.492 e. The normalized spacial score (nSPS) is 9.60. The van der Waals surface area contributed by atoms with Crippen LogP contribution in [0, 0.1) is 29.6 Å². The zero-order valence-corrected chi connectivity index (χ0v) is 14.6. The summed E-state index contributed by atoms with van der Waals surface area (Å²) < 4.78 is 5.77. The molecule has 0 aliphatic rings. The van der Waals surface area contributed by atoms with Crippen molar-refractivity contribution < 1.29 is 4.74 Å². The quantitative estimate of drug-likeness (QED) is 0.709. The van der Waals surface area contributed by atoms with E-state index in [0.717, 1.165) is 35.7 Å². The Labute approximate surface area is 149 Å². The molecule has 0 amide bonds. The van der Waals surface area contributed by atoms with Crippen LogP contribution in [0.5, 0.6) is 5.75 Å². The SMILES string of the molecule is CCN(CCOc1ccccc1)c1ccc(C=C(C#N)C#N)c(C)c1. The minimum absolute atomic E-state index is 0.111. The number of para-hydroxylation sites is 1. The van der Waals surface area contributed by atoms with E-state index in [-0.39, 0.29) is 5.57 Å². The van der Waals surface area contributed by atoms with E-state index in [9.17, 15) is 0 Å². The van der Waals surface area contributed by atoms with Gasteiger partial charge in [-0.2, -0.15) is 10.5 Å². The molecule has 126 valence electrons. The first kappa shape index (κ1) is 18.1. The number of likely N-dealkylation sites (N-methyl/N-ethyl adjacent to an activating group) is 1. The van der Waals surface area contributed by atoms with Crippen LogP contribution in [-0.4, -0.2) is 19.7 Å². The fourth-order valence-corrected chi connectivity index (χ4v) is 2.52. The monoisotopic (exact) mass is 331 g/mol. The minimum atomic E-state index is 0.111. The van der Waals surface area contributed by atoms with Gasteiger partial charge in [0.15, 0.2) is 0 Å². The number of anilines is 1. The Morgan fingerprint density at radius 1 is 1.12 bits per heavy atom. The summed E-state index contributed by atoms with van der Waals surface area (Å²) in [6.45, 7) is 6.34. The van der Waals surface area contributed by atoms with Crippen LogP contribution in [0.15, 0.2) is 54.1 Å². The Hall–Kier alpha value is -3.24. The summed E-state index contributed by atoms with van der Waals surface area (Å²) in [6.07, 6.45) is 1.62. The number of rotatable bonds is 7. The van der Waals surface area contributed by atoms with Crippen LogP contribution in [0.25, 0.3) is 6.08 Å². The van der Waals surface area contributed by atoms with Crippen molar-refractivity contribution in [3.63, 3.8) is 0 Å². The molecule has 0 spiro atoms. The van der Waals surface area contributed by atoms with Crippen molar-refractivity contribution in [2.45, 2.75) is 13.8 Å². The average molecular weight is 331 g/mol. The van der Waals surface area contributed by atoms with Crippen molar-refractivity contribution in [3.05, 3.63) is 65.2 Å². The molecular weight excluding hydrogens is 310 g/mol. The summed E-state index contributed by atoms with van der Waals surface area (Å²) in [7, 11) is 0. The molecule has 2 aromatic rings. The van der Waals surface area contributed by atoms with Crippen molar-refractivity contribution in [2.75, 3.05) is 24.6 Å². The van der Waals surface area contributed by atoms with Crippen molar-refractivity contribution in [1.82, 2.24) is 0 Å². The Balaban J connectivity index is 2.05. The van der Waals surface area contributed by atoms with Crippen molar-refractivity contribution in [3.8, 4) is 17.9 Å². The summed E-state index contributed by atoms with van der Waals surface area (Å²) in [5, 5.41) is 17.8. The first-order valence-corrected chi connectivity index (χ1v) is 8.23. The third-order valence-electron chi connectivity index (χ3n) is 3.91. The van der Waals surface area contributed by atoms with Crippen molar-refractivity contribution in [1.29, 1.82) is 10.5 Å². The molecule has 0 aromatic heterocycles. The van der Waals surface area contributed by atoms with E-state index >= 15 is 0 Å². The lowest BCUT2D eigenvalue weighted by Gasteiger charge is -2.24. The number of ether oxygens (including phenoxy) is 1. The number of nitrogens with zero attached hydrogens (tertiary/aromatic N) is 3. The third kappa shape index (κ3) is 5.12. The van der Waals surface area contributed by atoms with E-state index in [1.807, 2.05) is 61.5 Å². The Kier molecular flexibility index (Phi) is 6.63. The van der Waals surface area contributed by atoms with E-state index < -0.39 is 0 Å². The molecule has 2 aromatic carbocycles. The topological polar surface area (TPSA) is 60.0 Å². The molecule has 0 fully saturated rings. The van der Waals surface area contributed by atoms with Gasteiger partial charge in [0.25, 0.3) is 0 Å². The fraction of sp³-hybridized carbons (Fsp3) is 0.238. The zero-order chi connectivity index (χ0) is 18.1. The first-order chi connectivity index (χ1) is 12.2. The maximum Gasteiger partial charge on any atom is 0.130 e. The fourth-order valence-electron chi connectivity index (χ4n) is 2.52. The summed E-state index contributed by atoms with van der Waals surface area (Å²) in [6, 6.07) is 19.6. The second kappa shape index (κ2) is 9.15. The molecule has 2 rings (SSSR count). The Morgan fingerprint density at radius 3 is 2.44 bits per heavy atom. The van der Waals surface area contributed by atoms with E-state index in [0.29, 0.717) is 6.61 Å². The van der Waals surface area contributed by atoms with Gasteiger partial charge in [0.1, 0.15) is 30.1 Å². The number of benzene rings is 2. The number of hydrogen-bond donors (Lipinski definition) is 0. The Morgan fingerprint density at radius 2 is 1.84 bits per heavy atom. The van der Waals surface area contributed by atoms with Crippen molar-refractivity contribution in [2.24, 2.45) is 0 Å². The van der Waals surface area contributed by atoms with E-state index in [1.165, 1.54) is 0 Å². The Bertz CT molecular complexity index is 797. The van der Waals surface area contributed by atoms with Gasteiger partial charge in [-0.15, -0.1) is 0 Å². The maximum atomic E-state index is 8.89. The molecule has 0 aliphatic carbocycles. The van der Waals surface area contributed by atoms with Crippen LogP contribution in [0.4, 0.5) is 5.69 Å². The van der Waals surface area contributed by atoms with Crippen LogP contribution in [0.2, 0.25) is 0 Å². The lowest BCUT2D eigenvalue weighted by Crippen LogP contribution is -2.28. The van der Waals surface area contributed by atoms with E-state index in [2.05, 4.69) is 17.9 Å². The van der Waals surface area contributed by atoms with Gasteiger partial charge in [0, 0.05) is 12.2 Å². The molecule has 0 bridgehead atoms. The highest BCUT2D eigenvalue weighted by atomic mass is 16.5. The standard InChI is InChI=1S/C21H21N3O/c1-3-24(11-12-25-21-7-5-4-6-8-21)20-10-9-19(17(2)13-20)14-18(15-22)16-23/h4-10,13-14H,3,11-12H2,1-2H3. The predicted molar refractivity (Wildman–Crippen MR) is 100 cm³/mol. The molecule has 0 saturated carbocycles. The van der Waals surface area contributed by atoms with Crippen LogP contribution in [0.1, 0.15) is 18.1 Å². The molecule has 0 heterocycles. The second-order valence-electron chi connectivity index (χ2n) is 5.56. The highest BCUT2D eigenvalue weighted by Crippen LogP contribution is 2.21. The number of aryl methyl sites for hydroxylation is 1. The van der Waals surface area contributed by atoms with Crippen LogP contribution in [0.3, 0.4) is 0 Å². The third-order valence-corrected chi connectivity index (χ3v) is 3.91. The molecule has 0 saturated heterocycles. The lowest BCUT2D eigenvalue weighted by molar-refractivity contribution is 0.324. The van der Waals surface area contributed by atoms with Gasteiger partial charge in [0.2, 0.25) is 0 Å². The first-order valence-electron chi connectivity index (χ1n) is 8.23. The number of allylic oxidation sites excluding steroid dienone is 1. The molecule has 25 heavy (non-hydrogen) atoms. The van der Waals surface area contributed by atoms with Crippen LogP contribution >= 0.6 is 0 Å². The second-order valence-corrected chi connectivity index (χ2v) is 5.56. The van der Waals surface area contributed by atoms with Gasteiger partial charge >= 0.3 is 0 Å². The summed E-state index contributed by atoms with van der Waals surface area (Å²) in [4.78, 5) is 2.24. The van der Waals surface area contributed by atoms with Gasteiger partial charge in [-0.1, -0.05) is 24.3 Å². The highest BCUT2D eigenvalue weighted by molar-refractivity contribution is 5.66. The highest BCUT2D eigenvalue weighted by Gasteiger charge is 2.07. The summed E-state index contributed by atoms with van der Waals surface area (Å²) >= 11 is 0. The van der Waals surface area contributed by atoms with Gasteiger partial charge in [-0.3, -0.25) is 0 Å². The van der Waals surface area contributed by atoms with E-state index in [4.69, 9.17) is 15.3 Å². The minimum Gasteiger partial charge on any atom is -0.492 e. The molecule has 0 aliphatic heterocycles. The van der Waals surface area contributed by atoms with Crippen LogP contribution < -0.4 is 9.64 Å². The summed E-state index contributed by atoms with van der Waals surface area (Å²) in [5.41, 5.74) is 3.13. The average Bonchev–Trinajstić information content (AvgIpc) is 2.65. The molecule has 0 atom stereocenters. The number of hydrogen-bond acceptors (Lipinski definition) is 4. The predicted octanol–water partition coefficient (Wildman–Crippen LogP) is 4.33. The maximum absolute atomic E-state index is 8.89. The smallest absolute Gasteiger partial charge is 0.130 e. The lowest BCUT2D eigenvalue weighted by atomic mass is 10.0. The van der Waals surface area contributed by atoms with Crippen molar-refractivity contribution >= 4 is 11.8 Å². The van der Waals surface area contributed by atoms with Gasteiger partial charge in [0.05, 0.1) is 6.54 Å². The molecule has 0 unspecified atom stereocenters. The van der Waals surface area contributed by atoms with Gasteiger partial charge < -0.3 is 9.64 Å².